The molecule has 2 N–H and O–H groups in total. The molecule has 1 fully saturated rings. The molecule has 7 heteroatoms. The van der Waals surface area contributed by atoms with Crippen LogP contribution < -0.4 is 15.4 Å². The molecule has 2 aromatic rings. The predicted molar refractivity (Wildman–Crippen MR) is 99.2 cm³/mol. The van der Waals surface area contributed by atoms with Crippen LogP contribution in [0.1, 0.15) is 35.6 Å². The zero-order valence-electron chi connectivity index (χ0n) is 14.5. The average Bonchev–Trinajstić information content (AvgIpc) is 3.11. The molecule has 1 aromatic carbocycles. The van der Waals surface area contributed by atoms with E-state index in [9.17, 15) is 9.18 Å². The van der Waals surface area contributed by atoms with Crippen molar-refractivity contribution in [3.8, 4) is 5.75 Å². The van der Waals surface area contributed by atoms with Gasteiger partial charge in [0, 0.05) is 6.54 Å². The van der Waals surface area contributed by atoms with E-state index in [1.807, 2.05) is 0 Å². The van der Waals surface area contributed by atoms with Crippen molar-refractivity contribution in [2.24, 2.45) is 5.92 Å². The van der Waals surface area contributed by atoms with Gasteiger partial charge < -0.3 is 19.8 Å². The first-order valence-corrected chi connectivity index (χ1v) is 8.67. The Morgan fingerprint density at radius 2 is 2.08 bits per heavy atom. The summed E-state index contributed by atoms with van der Waals surface area (Å²) >= 11 is 0. The minimum absolute atomic E-state index is 0. The molecule has 1 atom stereocenters. The standard InChI is InChI=1S/C19H23FN2O3.ClH/c20-15-3-5-16(6-4-15)24-13-17-7-8-18(25-17)19(23)22-11-9-14-2-1-10-21-12-14;/h3-8,14,21H,1-2,9-13H2,(H,22,23);1H. The Morgan fingerprint density at radius 3 is 2.81 bits per heavy atom. The molecule has 0 aliphatic carbocycles. The third kappa shape index (κ3) is 6.04. The number of carbonyl (C=O) groups is 1. The van der Waals surface area contributed by atoms with Crippen molar-refractivity contribution in [2.45, 2.75) is 25.9 Å². The number of amides is 1. The van der Waals surface area contributed by atoms with Crippen molar-refractivity contribution in [1.82, 2.24) is 10.6 Å². The minimum atomic E-state index is -0.312. The summed E-state index contributed by atoms with van der Waals surface area (Å²) < 4.78 is 23.9. The van der Waals surface area contributed by atoms with Gasteiger partial charge in [0.2, 0.25) is 0 Å². The normalized spacial score (nSPS) is 16.6. The van der Waals surface area contributed by atoms with Crippen LogP contribution in [0.2, 0.25) is 0 Å². The topological polar surface area (TPSA) is 63.5 Å². The third-order valence-corrected chi connectivity index (χ3v) is 4.32. The highest BCUT2D eigenvalue weighted by Gasteiger charge is 2.15. The SMILES string of the molecule is Cl.O=C(NCCC1CCCNC1)c1ccc(COc2ccc(F)cc2)o1. The van der Waals surface area contributed by atoms with Gasteiger partial charge in [-0.3, -0.25) is 4.79 Å². The van der Waals surface area contributed by atoms with E-state index in [-0.39, 0.29) is 36.5 Å². The van der Waals surface area contributed by atoms with Crippen LogP contribution in [0.4, 0.5) is 4.39 Å². The highest BCUT2D eigenvalue weighted by atomic mass is 35.5. The maximum atomic E-state index is 12.8. The summed E-state index contributed by atoms with van der Waals surface area (Å²) in [4.78, 5) is 12.1. The average molecular weight is 383 g/mol. The maximum Gasteiger partial charge on any atom is 0.286 e. The Bertz CT molecular complexity index is 684. The van der Waals surface area contributed by atoms with Crippen molar-refractivity contribution in [3.05, 3.63) is 53.7 Å². The van der Waals surface area contributed by atoms with Crippen LogP contribution in [0.15, 0.2) is 40.8 Å². The van der Waals surface area contributed by atoms with Gasteiger partial charge in [0.25, 0.3) is 5.91 Å². The lowest BCUT2D eigenvalue weighted by molar-refractivity contribution is 0.0919. The summed E-state index contributed by atoms with van der Waals surface area (Å²) in [5, 5.41) is 6.27. The van der Waals surface area contributed by atoms with Gasteiger partial charge in [0.05, 0.1) is 0 Å². The molecule has 5 nitrogen and oxygen atoms in total. The molecular formula is C19H24ClFN2O3. The van der Waals surface area contributed by atoms with E-state index in [1.165, 1.54) is 25.0 Å². The molecule has 1 saturated heterocycles. The monoisotopic (exact) mass is 382 g/mol. The second kappa shape index (κ2) is 10.2. The summed E-state index contributed by atoms with van der Waals surface area (Å²) in [6.45, 7) is 2.96. The Kier molecular flexibility index (Phi) is 7.94. The number of benzene rings is 1. The predicted octanol–water partition coefficient (Wildman–Crippen LogP) is 3.54. The van der Waals surface area contributed by atoms with Crippen molar-refractivity contribution >= 4 is 18.3 Å². The first kappa shape index (κ1) is 20.3. The summed E-state index contributed by atoms with van der Waals surface area (Å²) in [6, 6.07) is 9.11. The van der Waals surface area contributed by atoms with Crippen molar-refractivity contribution in [1.29, 1.82) is 0 Å². The fourth-order valence-corrected chi connectivity index (χ4v) is 2.91. The summed E-state index contributed by atoms with van der Waals surface area (Å²) in [7, 11) is 0. The number of ether oxygens (including phenoxy) is 1. The highest BCUT2D eigenvalue weighted by Crippen LogP contribution is 2.16. The zero-order chi connectivity index (χ0) is 17.5. The van der Waals surface area contributed by atoms with E-state index in [4.69, 9.17) is 9.15 Å². The van der Waals surface area contributed by atoms with Crippen LogP contribution in [-0.2, 0) is 6.61 Å². The van der Waals surface area contributed by atoms with Crippen LogP contribution in [0.25, 0.3) is 0 Å². The number of furan rings is 1. The van der Waals surface area contributed by atoms with E-state index in [2.05, 4.69) is 10.6 Å². The number of carbonyl (C=O) groups excluding carboxylic acids is 1. The quantitative estimate of drug-likeness (QED) is 0.768. The molecule has 26 heavy (non-hydrogen) atoms. The lowest BCUT2D eigenvalue weighted by Gasteiger charge is -2.22. The number of rotatable bonds is 7. The van der Waals surface area contributed by atoms with E-state index in [0.29, 0.717) is 24.0 Å². The molecule has 1 aliphatic heterocycles. The number of hydrogen-bond acceptors (Lipinski definition) is 4. The van der Waals surface area contributed by atoms with Crippen LogP contribution >= 0.6 is 12.4 Å². The van der Waals surface area contributed by atoms with Crippen LogP contribution in [0, 0.1) is 11.7 Å². The van der Waals surface area contributed by atoms with Gasteiger partial charge in [0.15, 0.2) is 5.76 Å². The van der Waals surface area contributed by atoms with Gasteiger partial charge in [-0.25, -0.2) is 4.39 Å². The largest absolute Gasteiger partial charge is 0.486 e. The van der Waals surface area contributed by atoms with Gasteiger partial charge >= 0.3 is 0 Å². The molecule has 1 amide bonds. The van der Waals surface area contributed by atoms with E-state index in [1.54, 1.807) is 24.3 Å². The molecule has 142 valence electrons. The second-order valence-electron chi connectivity index (χ2n) is 6.27. The summed E-state index contributed by atoms with van der Waals surface area (Å²) in [5.74, 6) is 1.48. The maximum absolute atomic E-state index is 12.8. The van der Waals surface area contributed by atoms with Crippen molar-refractivity contribution < 1.29 is 18.3 Å². The molecule has 0 saturated carbocycles. The number of piperidine rings is 1. The molecule has 1 aromatic heterocycles. The van der Waals surface area contributed by atoms with E-state index >= 15 is 0 Å². The lowest BCUT2D eigenvalue weighted by Crippen LogP contribution is -2.33. The highest BCUT2D eigenvalue weighted by molar-refractivity contribution is 5.91. The van der Waals surface area contributed by atoms with E-state index in [0.717, 1.165) is 19.5 Å². The number of halogens is 2. The summed E-state index contributed by atoms with van der Waals surface area (Å²) in [6.07, 6.45) is 3.39. The molecule has 0 spiro atoms. The zero-order valence-corrected chi connectivity index (χ0v) is 15.3. The van der Waals surface area contributed by atoms with E-state index < -0.39 is 0 Å². The Morgan fingerprint density at radius 1 is 1.27 bits per heavy atom. The third-order valence-electron chi connectivity index (χ3n) is 4.32. The van der Waals surface area contributed by atoms with Crippen molar-refractivity contribution in [3.63, 3.8) is 0 Å². The molecule has 0 bridgehead atoms. The van der Waals surface area contributed by atoms with Crippen LogP contribution in [-0.4, -0.2) is 25.5 Å². The van der Waals surface area contributed by atoms with Gasteiger partial charge in [-0.15, -0.1) is 12.4 Å². The first-order chi connectivity index (χ1) is 12.2. The van der Waals surface area contributed by atoms with Gasteiger partial charge in [-0.05, 0) is 74.7 Å². The molecule has 3 rings (SSSR count). The Balaban J connectivity index is 0.00000243. The first-order valence-electron chi connectivity index (χ1n) is 8.67. The smallest absolute Gasteiger partial charge is 0.286 e. The Labute approximate surface area is 158 Å². The Hall–Kier alpha value is -2.05. The van der Waals surface area contributed by atoms with Gasteiger partial charge in [0.1, 0.15) is 23.9 Å². The molecule has 0 radical (unpaired) electrons. The van der Waals surface area contributed by atoms with Crippen LogP contribution in [0.5, 0.6) is 5.75 Å². The lowest BCUT2D eigenvalue weighted by atomic mass is 9.96. The molecule has 1 unspecified atom stereocenters. The fraction of sp³-hybridized carbons (Fsp3) is 0.421. The minimum Gasteiger partial charge on any atom is -0.486 e. The molecule has 1 aliphatic rings. The molecular weight excluding hydrogens is 359 g/mol. The van der Waals surface area contributed by atoms with Crippen molar-refractivity contribution in [2.75, 3.05) is 19.6 Å². The second-order valence-corrected chi connectivity index (χ2v) is 6.27. The molecule has 2 heterocycles. The number of nitrogens with one attached hydrogen (secondary N) is 2. The number of hydrogen-bond donors (Lipinski definition) is 2. The van der Waals surface area contributed by atoms with Gasteiger partial charge in [-0.1, -0.05) is 0 Å². The fourth-order valence-electron chi connectivity index (χ4n) is 2.91. The van der Waals surface area contributed by atoms with Crippen LogP contribution in [0.3, 0.4) is 0 Å². The van der Waals surface area contributed by atoms with Gasteiger partial charge in [-0.2, -0.15) is 0 Å². The summed E-state index contributed by atoms with van der Waals surface area (Å²) in [5.41, 5.74) is 0.